The van der Waals surface area contributed by atoms with Crippen molar-refractivity contribution in [1.82, 2.24) is 20.1 Å². The van der Waals surface area contributed by atoms with Gasteiger partial charge in [0.1, 0.15) is 0 Å². The lowest BCUT2D eigenvalue weighted by Gasteiger charge is -2.30. The van der Waals surface area contributed by atoms with Gasteiger partial charge in [-0.15, -0.1) is 0 Å². The van der Waals surface area contributed by atoms with Crippen LogP contribution in [-0.4, -0.2) is 71.6 Å². The molecule has 1 aliphatic carbocycles. The number of amides is 1. The summed E-state index contributed by atoms with van der Waals surface area (Å²) in [5.41, 5.74) is 3.09. The fourth-order valence-corrected chi connectivity index (χ4v) is 4.65. The Balaban J connectivity index is 1.71. The van der Waals surface area contributed by atoms with Gasteiger partial charge in [0.05, 0.1) is 35.9 Å². The maximum Gasteiger partial charge on any atom is 0.336 e. The third-order valence-electron chi connectivity index (χ3n) is 6.57. The highest BCUT2D eigenvalue weighted by molar-refractivity contribution is 6.05. The number of carboxylic acid groups (broad SMARTS) is 2. The van der Waals surface area contributed by atoms with E-state index in [0.29, 0.717) is 12.0 Å². The molecule has 1 saturated carbocycles. The van der Waals surface area contributed by atoms with E-state index in [1.165, 1.54) is 10.9 Å². The van der Waals surface area contributed by atoms with Crippen LogP contribution in [0, 0.1) is 5.82 Å². The number of halogens is 1. The van der Waals surface area contributed by atoms with E-state index >= 15 is 4.39 Å². The van der Waals surface area contributed by atoms with Crippen LogP contribution in [0.15, 0.2) is 12.4 Å². The number of fused-ring (bicyclic) bond motifs is 1. The molecule has 3 heterocycles. The molecule has 0 aromatic carbocycles. The van der Waals surface area contributed by atoms with Crippen molar-refractivity contribution in [2.45, 2.75) is 62.4 Å². The van der Waals surface area contributed by atoms with Crippen LogP contribution in [0.2, 0.25) is 0 Å². The number of aryl methyl sites for hydroxylation is 1. The van der Waals surface area contributed by atoms with Gasteiger partial charge in [0, 0.05) is 30.9 Å². The molecule has 4 rings (SSSR count). The van der Waals surface area contributed by atoms with E-state index in [4.69, 9.17) is 15.6 Å². The molecule has 15 heteroatoms. The molecule has 1 fully saturated rings. The molecule has 0 spiro atoms. The summed E-state index contributed by atoms with van der Waals surface area (Å²) < 4.78 is 22.5. The standard InChI is InChI=1S/C23H27FN6O8/c1-30-9-10(8-26-30)18-16-15(17(24)19(28-18)27-12-5-3-2-4-11(12)25)21(29-20(16)34)38-14(33)7-23(37,22(35)36)6-13(31)32/h8-9,11-12,21,37H,2-7,25H2,1H3,(H,27,28)(H,29,34)(H,31,32)(H,35,36)/t11-,12+,21?,23?/m0/s1. The lowest BCUT2D eigenvalue weighted by atomic mass is 9.91. The van der Waals surface area contributed by atoms with Gasteiger partial charge in [-0.3, -0.25) is 19.1 Å². The van der Waals surface area contributed by atoms with Crippen molar-refractivity contribution < 1.29 is 43.6 Å². The number of aliphatic hydroxyl groups is 1. The number of rotatable bonds is 9. The topological polar surface area (TPSA) is 219 Å². The maximum absolute atomic E-state index is 15.9. The molecular weight excluding hydrogens is 507 g/mol. The molecule has 2 aliphatic rings. The van der Waals surface area contributed by atoms with Gasteiger partial charge in [-0.1, -0.05) is 12.8 Å². The predicted molar refractivity (Wildman–Crippen MR) is 126 cm³/mol. The van der Waals surface area contributed by atoms with Crippen LogP contribution in [0.25, 0.3) is 11.3 Å². The minimum Gasteiger partial charge on any atom is -0.481 e. The molecule has 0 saturated heterocycles. The summed E-state index contributed by atoms with van der Waals surface area (Å²) in [6, 6.07) is -0.574. The van der Waals surface area contributed by atoms with Crippen LogP contribution >= 0.6 is 0 Å². The first kappa shape index (κ1) is 26.9. The van der Waals surface area contributed by atoms with Gasteiger partial charge in [-0.25, -0.2) is 14.2 Å². The Morgan fingerprint density at radius 3 is 2.61 bits per heavy atom. The van der Waals surface area contributed by atoms with Crippen LogP contribution in [-0.2, 0) is 26.2 Å². The van der Waals surface area contributed by atoms with E-state index in [0.717, 1.165) is 19.3 Å². The molecule has 4 atom stereocenters. The first-order valence-electron chi connectivity index (χ1n) is 11.8. The summed E-state index contributed by atoms with van der Waals surface area (Å²) in [5, 5.41) is 37.7. The molecule has 0 radical (unpaired) electrons. The number of anilines is 1. The summed E-state index contributed by atoms with van der Waals surface area (Å²) in [7, 11) is 1.64. The van der Waals surface area contributed by atoms with E-state index < -0.39 is 54.3 Å². The Labute approximate surface area is 215 Å². The number of ether oxygens (including phenoxy) is 1. The van der Waals surface area contributed by atoms with Gasteiger partial charge < -0.3 is 36.4 Å². The Morgan fingerprint density at radius 2 is 2.00 bits per heavy atom. The summed E-state index contributed by atoms with van der Waals surface area (Å²) in [4.78, 5) is 52.2. The Bertz CT molecular complexity index is 1300. The smallest absolute Gasteiger partial charge is 0.336 e. The van der Waals surface area contributed by atoms with Gasteiger partial charge in [0.2, 0.25) is 6.23 Å². The molecular formula is C23H27FN6O8. The van der Waals surface area contributed by atoms with Crippen LogP contribution in [0.5, 0.6) is 0 Å². The highest BCUT2D eigenvalue weighted by atomic mass is 19.1. The molecule has 1 aliphatic heterocycles. The third kappa shape index (κ3) is 5.28. The first-order valence-corrected chi connectivity index (χ1v) is 11.8. The molecule has 38 heavy (non-hydrogen) atoms. The lowest BCUT2D eigenvalue weighted by molar-refractivity contribution is -0.174. The fraction of sp³-hybridized carbons (Fsp3) is 0.478. The quantitative estimate of drug-likeness (QED) is 0.239. The number of nitrogens with two attached hydrogens (primary N) is 1. The van der Waals surface area contributed by atoms with E-state index in [-0.39, 0.29) is 34.7 Å². The molecule has 1 amide bonds. The number of hydrogen-bond donors (Lipinski definition) is 6. The number of carboxylic acids is 2. The third-order valence-corrected chi connectivity index (χ3v) is 6.57. The summed E-state index contributed by atoms with van der Waals surface area (Å²) in [6.07, 6.45) is 1.91. The van der Waals surface area contributed by atoms with Crippen LogP contribution in [0.1, 0.15) is 60.7 Å². The van der Waals surface area contributed by atoms with Gasteiger partial charge in [0.15, 0.2) is 17.2 Å². The maximum atomic E-state index is 15.9. The van der Waals surface area contributed by atoms with E-state index in [9.17, 15) is 29.4 Å². The van der Waals surface area contributed by atoms with Crippen molar-refractivity contribution in [3.05, 3.63) is 29.3 Å². The van der Waals surface area contributed by atoms with Gasteiger partial charge in [-0.05, 0) is 12.8 Å². The van der Waals surface area contributed by atoms with Crippen molar-refractivity contribution in [2.24, 2.45) is 12.8 Å². The van der Waals surface area contributed by atoms with Crippen molar-refractivity contribution in [1.29, 1.82) is 0 Å². The van der Waals surface area contributed by atoms with Crippen molar-refractivity contribution in [3.8, 4) is 11.3 Å². The average Bonchev–Trinajstić information content (AvgIpc) is 3.39. The second-order valence-electron chi connectivity index (χ2n) is 9.44. The minimum absolute atomic E-state index is 0.0605. The van der Waals surface area contributed by atoms with E-state index in [1.807, 2.05) is 0 Å². The zero-order valence-corrected chi connectivity index (χ0v) is 20.3. The number of carbonyl (C=O) groups is 4. The minimum atomic E-state index is -2.98. The number of aromatic nitrogens is 3. The molecule has 14 nitrogen and oxygen atoms in total. The Morgan fingerprint density at radius 1 is 1.29 bits per heavy atom. The van der Waals surface area contributed by atoms with Crippen molar-refractivity contribution in [2.75, 3.05) is 5.32 Å². The van der Waals surface area contributed by atoms with Crippen LogP contribution in [0.3, 0.4) is 0 Å². The molecule has 2 aromatic heterocycles. The highest BCUT2D eigenvalue weighted by Crippen LogP contribution is 2.39. The van der Waals surface area contributed by atoms with E-state index in [2.05, 4.69) is 20.7 Å². The molecule has 7 N–H and O–H groups in total. The van der Waals surface area contributed by atoms with Crippen LogP contribution in [0.4, 0.5) is 10.2 Å². The number of nitrogens with one attached hydrogen (secondary N) is 2. The highest BCUT2D eigenvalue weighted by Gasteiger charge is 2.44. The van der Waals surface area contributed by atoms with Gasteiger partial charge >= 0.3 is 17.9 Å². The largest absolute Gasteiger partial charge is 0.481 e. The van der Waals surface area contributed by atoms with Crippen molar-refractivity contribution >= 4 is 29.6 Å². The summed E-state index contributed by atoms with van der Waals surface area (Å²) in [5.74, 6) is -7.04. The monoisotopic (exact) mass is 534 g/mol. The second kappa shape index (κ2) is 10.3. The number of esters is 1. The summed E-state index contributed by atoms with van der Waals surface area (Å²) in [6.45, 7) is 0. The number of hydrogen-bond acceptors (Lipinski definition) is 10. The van der Waals surface area contributed by atoms with E-state index in [1.54, 1.807) is 13.2 Å². The molecule has 2 aromatic rings. The molecule has 0 bridgehead atoms. The Hall–Kier alpha value is -4.11. The van der Waals surface area contributed by atoms with Gasteiger partial charge in [-0.2, -0.15) is 5.10 Å². The molecule has 2 unspecified atom stereocenters. The number of carbonyl (C=O) groups excluding carboxylic acids is 2. The Kier molecular flexibility index (Phi) is 7.33. The number of pyridine rings is 1. The average molecular weight is 535 g/mol. The van der Waals surface area contributed by atoms with Crippen LogP contribution < -0.4 is 16.4 Å². The first-order chi connectivity index (χ1) is 17.9. The zero-order valence-electron chi connectivity index (χ0n) is 20.3. The van der Waals surface area contributed by atoms with Gasteiger partial charge in [0.25, 0.3) is 5.91 Å². The predicted octanol–water partition coefficient (Wildman–Crippen LogP) is 0.269. The fourth-order valence-electron chi connectivity index (χ4n) is 4.65. The number of nitrogens with zero attached hydrogens (tertiary/aromatic N) is 3. The normalized spacial score (nSPS) is 22.2. The summed E-state index contributed by atoms with van der Waals surface area (Å²) >= 11 is 0. The van der Waals surface area contributed by atoms with Crippen molar-refractivity contribution in [3.63, 3.8) is 0 Å². The molecule has 204 valence electrons. The number of aliphatic carboxylic acids is 2. The lowest BCUT2D eigenvalue weighted by Crippen LogP contribution is -2.43. The second-order valence-corrected chi connectivity index (χ2v) is 9.44. The zero-order chi connectivity index (χ0) is 27.8. The SMILES string of the molecule is Cn1cc(-c2nc(N[C@@H]3CCCC[C@@H]3N)c(F)c3c2C(=O)NC3OC(=O)CC(O)(CC(=O)O)C(=O)O)cn1.